The summed E-state index contributed by atoms with van der Waals surface area (Å²) in [6.07, 6.45) is 28.6. The SMILES string of the molecule is CCCCCCCC/C=C\CCCCCCC[n+]1ccn(CCO)c1.[Cl-]. The monoisotopic (exact) mass is 384 g/mol. The zero-order chi connectivity index (χ0) is 18.0. The van der Waals surface area contributed by atoms with E-state index in [1.54, 1.807) is 0 Å². The molecule has 0 aromatic carbocycles. The molecule has 0 spiro atoms. The summed E-state index contributed by atoms with van der Waals surface area (Å²) in [6, 6.07) is 0. The number of aliphatic hydroxyl groups is 1. The number of allylic oxidation sites excluding steroid dienone is 2. The highest BCUT2D eigenvalue weighted by atomic mass is 35.5. The van der Waals surface area contributed by atoms with Gasteiger partial charge >= 0.3 is 0 Å². The maximum absolute atomic E-state index is 8.91. The van der Waals surface area contributed by atoms with Crippen LogP contribution in [0.5, 0.6) is 0 Å². The van der Waals surface area contributed by atoms with E-state index >= 15 is 0 Å². The molecule has 1 heterocycles. The lowest BCUT2D eigenvalue weighted by molar-refractivity contribution is -0.696. The maximum Gasteiger partial charge on any atom is 0.243 e. The summed E-state index contributed by atoms with van der Waals surface area (Å²) in [5.41, 5.74) is 0. The second kappa shape index (κ2) is 19.0. The van der Waals surface area contributed by atoms with Crippen LogP contribution in [0.4, 0.5) is 0 Å². The minimum absolute atomic E-state index is 0. The largest absolute Gasteiger partial charge is 1.00 e. The molecule has 0 fully saturated rings. The third-order valence-electron chi connectivity index (χ3n) is 4.78. The molecule has 1 rings (SSSR count). The van der Waals surface area contributed by atoms with Gasteiger partial charge in [-0.2, -0.15) is 0 Å². The first-order valence-corrected chi connectivity index (χ1v) is 10.7. The normalized spacial score (nSPS) is 11.2. The molecule has 4 heteroatoms. The van der Waals surface area contributed by atoms with Gasteiger partial charge in [-0.15, -0.1) is 0 Å². The summed E-state index contributed by atoms with van der Waals surface area (Å²) in [4.78, 5) is 0. The van der Waals surface area contributed by atoms with Crippen molar-refractivity contribution < 1.29 is 22.1 Å². The molecular weight excluding hydrogens is 344 g/mol. The summed E-state index contributed by atoms with van der Waals surface area (Å²) >= 11 is 0. The molecule has 3 nitrogen and oxygen atoms in total. The minimum atomic E-state index is 0. The highest BCUT2D eigenvalue weighted by Gasteiger charge is 2.02. The summed E-state index contributed by atoms with van der Waals surface area (Å²) in [7, 11) is 0. The van der Waals surface area contributed by atoms with Gasteiger partial charge in [0.2, 0.25) is 6.33 Å². The molecule has 0 aliphatic rings. The fraction of sp³-hybridized carbons (Fsp3) is 0.773. The van der Waals surface area contributed by atoms with Crippen molar-refractivity contribution in [3.63, 3.8) is 0 Å². The molecule has 1 N–H and O–H groups in total. The van der Waals surface area contributed by atoms with Crippen molar-refractivity contribution in [3.05, 3.63) is 30.9 Å². The van der Waals surface area contributed by atoms with E-state index in [-0.39, 0.29) is 19.0 Å². The van der Waals surface area contributed by atoms with Gasteiger partial charge in [-0.1, -0.05) is 64.0 Å². The Morgan fingerprint density at radius 3 is 2.04 bits per heavy atom. The molecule has 0 unspecified atom stereocenters. The molecule has 1 aromatic rings. The maximum atomic E-state index is 8.91. The van der Waals surface area contributed by atoms with E-state index in [1.165, 1.54) is 83.5 Å². The number of aliphatic hydroxyl groups excluding tert-OH is 1. The van der Waals surface area contributed by atoms with Crippen LogP contribution >= 0.6 is 0 Å². The molecule has 0 bridgehead atoms. The Bertz CT molecular complexity index is 432. The number of rotatable bonds is 17. The summed E-state index contributed by atoms with van der Waals surface area (Å²) in [6.45, 7) is 4.28. The molecular formula is C22H41ClN2O. The summed E-state index contributed by atoms with van der Waals surface area (Å²) < 4.78 is 4.26. The van der Waals surface area contributed by atoms with E-state index in [2.05, 4.69) is 36.2 Å². The average Bonchev–Trinajstić information content (AvgIpc) is 3.06. The van der Waals surface area contributed by atoms with E-state index in [9.17, 15) is 0 Å². The standard InChI is InChI=1S/C22H41N2O.ClH/c1-2-3-4-5-6-7-8-9-10-11-12-13-14-15-16-17-23-18-19-24(22-23)20-21-25;/h9-10,18-19,22,25H,2-8,11-17,20-21H2,1H3;1H/q+1;/p-1/b10-9-;. The van der Waals surface area contributed by atoms with Crippen molar-refractivity contribution >= 4 is 0 Å². The first-order chi connectivity index (χ1) is 12.4. The zero-order valence-corrected chi connectivity index (χ0v) is 17.7. The van der Waals surface area contributed by atoms with Gasteiger partial charge in [-0.05, 0) is 38.5 Å². The van der Waals surface area contributed by atoms with Gasteiger partial charge in [-0.3, -0.25) is 0 Å². The molecule has 0 atom stereocenters. The van der Waals surface area contributed by atoms with Crippen LogP contribution in [0.3, 0.4) is 0 Å². The Balaban J connectivity index is 0.00000625. The lowest BCUT2D eigenvalue weighted by Gasteiger charge is -1.99. The van der Waals surface area contributed by atoms with E-state index < -0.39 is 0 Å². The van der Waals surface area contributed by atoms with E-state index in [0.717, 1.165) is 6.54 Å². The van der Waals surface area contributed by atoms with Crippen LogP contribution in [0.15, 0.2) is 30.9 Å². The fourth-order valence-corrected chi connectivity index (χ4v) is 3.18. The zero-order valence-electron chi connectivity index (χ0n) is 16.9. The Labute approximate surface area is 167 Å². The summed E-state index contributed by atoms with van der Waals surface area (Å²) in [5, 5.41) is 8.91. The van der Waals surface area contributed by atoms with Crippen molar-refractivity contribution in [2.75, 3.05) is 6.61 Å². The number of aromatic nitrogens is 2. The first kappa shape index (κ1) is 25.2. The van der Waals surface area contributed by atoms with Crippen LogP contribution in [-0.4, -0.2) is 16.3 Å². The van der Waals surface area contributed by atoms with E-state index in [1.807, 2.05) is 10.8 Å². The van der Waals surface area contributed by atoms with Crippen LogP contribution < -0.4 is 17.0 Å². The van der Waals surface area contributed by atoms with Gasteiger partial charge in [-0.25, -0.2) is 9.13 Å². The van der Waals surface area contributed by atoms with Crippen molar-refractivity contribution in [3.8, 4) is 0 Å². The quantitative estimate of drug-likeness (QED) is 0.249. The average molecular weight is 385 g/mol. The molecule has 1 aromatic heterocycles. The molecule has 26 heavy (non-hydrogen) atoms. The number of unbranched alkanes of at least 4 members (excludes halogenated alkanes) is 11. The highest BCUT2D eigenvalue weighted by molar-refractivity contribution is 4.81. The second-order valence-corrected chi connectivity index (χ2v) is 7.20. The van der Waals surface area contributed by atoms with E-state index in [4.69, 9.17) is 5.11 Å². The third kappa shape index (κ3) is 14.4. The lowest BCUT2D eigenvalue weighted by Crippen LogP contribution is -3.00. The van der Waals surface area contributed by atoms with Crippen molar-refractivity contribution in [1.82, 2.24) is 4.57 Å². The van der Waals surface area contributed by atoms with Gasteiger partial charge in [0.1, 0.15) is 18.9 Å². The van der Waals surface area contributed by atoms with Crippen LogP contribution in [0.1, 0.15) is 90.4 Å². The number of hydrogen-bond acceptors (Lipinski definition) is 1. The first-order valence-electron chi connectivity index (χ1n) is 10.7. The van der Waals surface area contributed by atoms with Crippen molar-refractivity contribution in [1.29, 1.82) is 0 Å². The van der Waals surface area contributed by atoms with Crippen molar-refractivity contribution in [2.45, 2.75) is 103 Å². The highest BCUT2D eigenvalue weighted by Crippen LogP contribution is 2.09. The molecule has 0 aliphatic carbocycles. The van der Waals surface area contributed by atoms with Crippen LogP contribution in [0, 0.1) is 0 Å². The van der Waals surface area contributed by atoms with Crippen LogP contribution in [0.2, 0.25) is 0 Å². The minimum Gasteiger partial charge on any atom is -1.00 e. The Hall–Kier alpha value is -0.800. The summed E-state index contributed by atoms with van der Waals surface area (Å²) in [5.74, 6) is 0. The van der Waals surface area contributed by atoms with Gasteiger partial charge in [0.05, 0.1) is 13.2 Å². The molecule has 0 saturated heterocycles. The topological polar surface area (TPSA) is 29.0 Å². The molecule has 152 valence electrons. The number of imidazole rings is 1. The fourth-order valence-electron chi connectivity index (χ4n) is 3.18. The van der Waals surface area contributed by atoms with Gasteiger partial charge < -0.3 is 17.5 Å². The third-order valence-corrected chi connectivity index (χ3v) is 4.78. The molecule has 0 amide bonds. The second-order valence-electron chi connectivity index (χ2n) is 7.20. The number of aryl methyl sites for hydroxylation is 1. The number of hydrogen-bond donors (Lipinski definition) is 1. The molecule has 0 saturated carbocycles. The number of halogens is 1. The molecule has 0 radical (unpaired) electrons. The van der Waals surface area contributed by atoms with Gasteiger partial charge in [0.25, 0.3) is 0 Å². The smallest absolute Gasteiger partial charge is 0.243 e. The van der Waals surface area contributed by atoms with Gasteiger partial charge in [0, 0.05) is 0 Å². The lowest BCUT2D eigenvalue weighted by atomic mass is 10.1. The Morgan fingerprint density at radius 1 is 0.846 bits per heavy atom. The Kier molecular flexibility index (Phi) is 18.4. The predicted molar refractivity (Wildman–Crippen MR) is 107 cm³/mol. The van der Waals surface area contributed by atoms with Gasteiger partial charge in [0.15, 0.2) is 0 Å². The molecule has 0 aliphatic heterocycles. The van der Waals surface area contributed by atoms with Crippen LogP contribution in [-0.2, 0) is 13.1 Å². The van der Waals surface area contributed by atoms with Crippen molar-refractivity contribution in [2.24, 2.45) is 0 Å². The van der Waals surface area contributed by atoms with E-state index in [0.29, 0.717) is 6.54 Å². The predicted octanol–water partition coefficient (Wildman–Crippen LogP) is 2.42. The van der Waals surface area contributed by atoms with Crippen LogP contribution in [0.25, 0.3) is 0 Å². The number of nitrogens with zero attached hydrogens (tertiary/aromatic N) is 2. The Morgan fingerprint density at radius 2 is 1.42 bits per heavy atom.